The van der Waals surface area contributed by atoms with Crippen LogP contribution in [0.3, 0.4) is 0 Å². The SMILES string of the molecule is CC1=C(C)C(C)[C]([Zr](=[C](c2ccccc2)c2ccccc2)[CH]2c3ccccc3-c3ccccc32)=C1. The topological polar surface area (TPSA) is 0 Å². The van der Waals surface area contributed by atoms with Gasteiger partial charge in [0.25, 0.3) is 0 Å². The van der Waals surface area contributed by atoms with E-state index in [2.05, 4.69) is 136 Å². The summed E-state index contributed by atoms with van der Waals surface area (Å²) in [7, 11) is 0. The molecule has 1 atom stereocenters. The fourth-order valence-corrected chi connectivity index (χ4v) is 15.9. The molecule has 0 fully saturated rings. The molecule has 1 unspecified atom stereocenters. The van der Waals surface area contributed by atoms with Gasteiger partial charge in [0.1, 0.15) is 0 Å². The van der Waals surface area contributed by atoms with Gasteiger partial charge in [-0.15, -0.1) is 0 Å². The molecule has 0 saturated carbocycles. The molecule has 6 rings (SSSR count). The van der Waals surface area contributed by atoms with Crippen LogP contribution in [0, 0.1) is 5.92 Å². The molecule has 0 bridgehead atoms. The zero-order valence-electron chi connectivity index (χ0n) is 20.6. The summed E-state index contributed by atoms with van der Waals surface area (Å²) in [5, 5.41) is 0. The van der Waals surface area contributed by atoms with Crippen LogP contribution in [-0.4, -0.2) is 3.21 Å². The Morgan fingerprint density at radius 2 is 1.06 bits per heavy atom. The van der Waals surface area contributed by atoms with Crippen molar-refractivity contribution in [1.82, 2.24) is 0 Å². The van der Waals surface area contributed by atoms with E-state index in [-0.39, 0.29) is 0 Å². The number of hydrogen-bond donors (Lipinski definition) is 0. The predicted molar refractivity (Wildman–Crippen MR) is 145 cm³/mol. The molecule has 0 radical (unpaired) electrons. The molecule has 0 N–H and O–H groups in total. The van der Waals surface area contributed by atoms with E-state index in [0.29, 0.717) is 9.54 Å². The average molecular weight is 530 g/mol. The Kier molecular flexibility index (Phi) is 5.99. The summed E-state index contributed by atoms with van der Waals surface area (Å²) in [6.45, 7) is 7.09. The zero-order chi connectivity index (χ0) is 23.9. The first-order valence-corrected chi connectivity index (χ1v) is 16.5. The third-order valence-corrected chi connectivity index (χ3v) is 16.6. The van der Waals surface area contributed by atoms with Crippen LogP contribution in [0.2, 0.25) is 0 Å². The summed E-state index contributed by atoms with van der Waals surface area (Å²) in [6, 6.07) is 40.8. The quantitative estimate of drug-likeness (QED) is 0.249. The van der Waals surface area contributed by atoms with Gasteiger partial charge in [-0.05, 0) is 0 Å². The van der Waals surface area contributed by atoms with Crippen molar-refractivity contribution in [2.75, 3.05) is 0 Å². The molecule has 0 spiro atoms. The van der Waals surface area contributed by atoms with E-state index in [9.17, 15) is 0 Å². The van der Waals surface area contributed by atoms with Crippen LogP contribution in [0.15, 0.2) is 130 Å². The van der Waals surface area contributed by atoms with E-state index < -0.39 is 21.3 Å². The zero-order valence-corrected chi connectivity index (χ0v) is 23.1. The van der Waals surface area contributed by atoms with Crippen LogP contribution in [-0.2, 0) is 21.3 Å². The number of allylic oxidation sites excluding steroid dienone is 4. The molecule has 0 amide bonds. The van der Waals surface area contributed by atoms with Crippen molar-refractivity contribution in [1.29, 1.82) is 0 Å². The van der Waals surface area contributed by atoms with Gasteiger partial charge in [0.2, 0.25) is 0 Å². The Hall–Kier alpha value is -2.89. The average Bonchev–Trinajstić information content (AvgIpc) is 3.37. The van der Waals surface area contributed by atoms with Crippen LogP contribution >= 0.6 is 0 Å². The summed E-state index contributed by atoms with van der Waals surface area (Å²) < 4.78 is 3.81. The van der Waals surface area contributed by atoms with Gasteiger partial charge in [-0.1, -0.05) is 0 Å². The first kappa shape index (κ1) is 22.6. The Balaban J connectivity index is 1.74. The predicted octanol–water partition coefficient (Wildman–Crippen LogP) is 8.51. The summed E-state index contributed by atoms with van der Waals surface area (Å²) in [6.07, 6.45) is 2.57. The van der Waals surface area contributed by atoms with Crippen molar-refractivity contribution in [3.8, 4) is 11.1 Å². The van der Waals surface area contributed by atoms with Crippen molar-refractivity contribution in [2.45, 2.75) is 24.4 Å². The van der Waals surface area contributed by atoms with Crippen molar-refractivity contribution in [2.24, 2.45) is 5.92 Å². The summed E-state index contributed by atoms with van der Waals surface area (Å²) >= 11 is -2.62. The van der Waals surface area contributed by atoms with Gasteiger partial charge < -0.3 is 0 Å². The van der Waals surface area contributed by atoms with Gasteiger partial charge in [0.15, 0.2) is 0 Å². The van der Waals surface area contributed by atoms with E-state index in [1.54, 1.807) is 6.49 Å². The number of hydrogen-bond acceptors (Lipinski definition) is 0. The second kappa shape index (κ2) is 9.29. The minimum absolute atomic E-state index is 0.465. The van der Waals surface area contributed by atoms with E-state index in [0.717, 1.165) is 0 Å². The number of benzene rings is 4. The summed E-state index contributed by atoms with van der Waals surface area (Å²) in [5.41, 5.74) is 11.7. The molecule has 170 valence electrons. The molecule has 0 heterocycles. The number of fused-ring (bicyclic) bond motifs is 3. The van der Waals surface area contributed by atoms with Gasteiger partial charge in [-0.25, -0.2) is 0 Å². The molecule has 35 heavy (non-hydrogen) atoms. The normalized spacial score (nSPS) is 16.7. The first-order valence-electron chi connectivity index (χ1n) is 12.6. The Morgan fingerprint density at radius 3 is 1.51 bits per heavy atom. The van der Waals surface area contributed by atoms with Gasteiger partial charge in [0, 0.05) is 0 Å². The fourth-order valence-electron chi connectivity index (χ4n) is 5.97. The molecule has 0 aromatic heterocycles. The first-order chi connectivity index (χ1) is 17.1. The summed E-state index contributed by atoms with van der Waals surface area (Å²) in [5.74, 6) is 0.506. The molecule has 0 aliphatic heterocycles. The molecular formula is C34H30Zr. The molecule has 0 saturated heterocycles. The van der Waals surface area contributed by atoms with Gasteiger partial charge in [0.05, 0.1) is 0 Å². The molecule has 2 aliphatic carbocycles. The Morgan fingerprint density at radius 1 is 0.600 bits per heavy atom. The maximum absolute atomic E-state index is 2.62. The second-order valence-corrected chi connectivity index (χ2v) is 15.9. The van der Waals surface area contributed by atoms with Crippen molar-refractivity contribution in [3.63, 3.8) is 0 Å². The molecule has 1 heteroatoms. The van der Waals surface area contributed by atoms with Crippen LogP contribution in [0.25, 0.3) is 11.1 Å². The monoisotopic (exact) mass is 528 g/mol. The van der Waals surface area contributed by atoms with Crippen LogP contribution < -0.4 is 0 Å². The van der Waals surface area contributed by atoms with Crippen molar-refractivity contribution in [3.05, 3.63) is 152 Å². The van der Waals surface area contributed by atoms with Crippen LogP contribution in [0.1, 0.15) is 46.7 Å². The summed E-state index contributed by atoms with van der Waals surface area (Å²) in [4.78, 5) is 0. The minimum atomic E-state index is -2.62. The molecule has 4 aromatic carbocycles. The van der Waals surface area contributed by atoms with E-state index in [1.807, 2.05) is 0 Å². The van der Waals surface area contributed by atoms with E-state index in [1.165, 1.54) is 44.5 Å². The van der Waals surface area contributed by atoms with Crippen molar-refractivity contribution >= 4 is 3.21 Å². The third-order valence-electron chi connectivity index (χ3n) is 7.94. The van der Waals surface area contributed by atoms with Crippen molar-refractivity contribution < 1.29 is 21.3 Å². The molecule has 4 aromatic rings. The maximum atomic E-state index is 2.57. The van der Waals surface area contributed by atoms with Gasteiger partial charge >= 0.3 is 218 Å². The Bertz CT molecular complexity index is 1420. The van der Waals surface area contributed by atoms with Crippen LogP contribution in [0.4, 0.5) is 0 Å². The Labute approximate surface area is 216 Å². The second-order valence-electron chi connectivity index (χ2n) is 9.82. The van der Waals surface area contributed by atoms with Gasteiger partial charge in [-0.3, -0.25) is 0 Å². The van der Waals surface area contributed by atoms with E-state index >= 15 is 0 Å². The number of rotatable bonds is 4. The van der Waals surface area contributed by atoms with Gasteiger partial charge in [-0.2, -0.15) is 0 Å². The fraction of sp³-hybridized carbons (Fsp3) is 0.147. The third kappa shape index (κ3) is 3.82. The van der Waals surface area contributed by atoms with Crippen LogP contribution in [0.5, 0.6) is 0 Å². The molecular weight excluding hydrogens is 500 g/mol. The molecule has 0 nitrogen and oxygen atoms in total. The van der Waals surface area contributed by atoms with E-state index in [4.69, 9.17) is 0 Å². The standard InChI is InChI=1S/C13H9.C13H10.C8H11.Zr/c1-3-7-12-10(5-1)9-11-6-2-4-8-13(11)12;1-3-7-12(8-4-1)11-13-9-5-2-6-10-13;1-6-4-5-7(2)8(6)3;/h1-9H;1-10H;4,7H,1-3H3;. The molecule has 2 aliphatic rings.